The fourth-order valence-corrected chi connectivity index (χ4v) is 2.46. The summed E-state index contributed by atoms with van der Waals surface area (Å²) in [5.41, 5.74) is 3.11. The highest BCUT2D eigenvalue weighted by molar-refractivity contribution is 7.86. The van der Waals surface area contributed by atoms with Crippen molar-refractivity contribution < 1.29 is 17.4 Å². The molecular weight excluding hydrogens is 290 g/mol. The predicted molar refractivity (Wildman–Crippen MR) is 72.6 cm³/mol. The first-order chi connectivity index (χ1) is 9.00. The lowest BCUT2D eigenvalue weighted by molar-refractivity contribution is 0.253. The van der Waals surface area contributed by atoms with Gasteiger partial charge in [-0.15, -0.1) is 11.3 Å². The molecule has 0 fully saturated rings. The summed E-state index contributed by atoms with van der Waals surface area (Å²) in [6.45, 7) is 0. The first-order valence-electron chi connectivity index (χ1n) is 5.16. The van der Waals surface area contributed by atoms with Crippen LogP contribution in [0.4, 0.5) is 10.5 Å². The molecule has 0 aliphatic heterocycles. The summed E-state index contributed by atoms with van der Waals surface area (Å²) in [4.78, 5) is 15.6. The number of carbonyl (C=O) groups is 1. The summed E-state index contributed by atoms with van der Waals surface area (Å²) < 4.78 is 27.2. The van der Waals surface area contributed by atoms with E-state index >= 15 is 0 Å². The molecule has 19 heavy (non-hydrogen) atoms. The second kappa shape index (κ2) is 5.51. The SMILES string of the molecule is COS(=O)(=O)CNC(=O)Nc1ccc2ncsc2c1. The number of nitrogens with zero attached hydrogens (tertiary/aromatic N) is 1. The van der Waals surface area contributed by atoms with Crippen molar-refractivity contribution >= 4 is 43.4 Å². The lowest BCUT2D eigenvalue weighted by Crippen LogP contribution is -2.33. The second-order valence-electron chi connectivity index (χ2n) is 3.53. The highest BCUT2D eigenvalue weighted by Gasteiger charge is 2.11. The number of thiazole rings is 1. The van der Waals surface area contributed by atoms with E-state index in [1.165, 1.54) is 11.3 Å². The largest absolute Gasteiger partial charge is 0.321 e. The molecule has 0 aliphatic rings. The minimum Gasteiger partial charge on any atom is -0.321 e. The van der Waals surface area contributed by atoms with Crippen LogP contribution in [0.15, 0.2) is 23.7 Å². The monoisotopic (exact) mass is 301 g/mol. The molecule has 1 aromatic heterocycles. The Kier molecular flexibility index (Phi) is 3.98. The van der Waals surface area contributed by atoms with E-state index in [4.69, 9.17) is 0 Å². The van der Waals surface area contributed by atoms with Crippen molar-refractivity contribution in [1.82, 2.24) is 10.3 Å². The van der Waals surface area contributed by atoms with E-state index in [1.807, 2.05) is 0 Å². The van der Waals surface area contributed by atoms with Crippen LogP contribution in [0.3, 0.4) is 0 Å². The molecule has 2 aromatic rings. The van der Waals surface area contributed by atoms with Crippen LogP contribution in [0.2, 0.25) is 0 Å². The van der Waals surface area contributed by atoms with E-state index in [2.05, 4.69) is 19.8 Å². The average Bonchev–Trinajstić information content (AvgIpc) is 2.84. The molecule has 0 radical (unpaired) electrons. The predicted octanol–water partition coefficient (Wildman–Crippen LogP) is 1.35. The Morgan fingerprint density at radius 1 is 1.47 bits per heavy atom. The molecule has 0 atom stereocenters. The molecule has 0 bridgehead atoms. The van der Waals surface area contributed by atoms with E-state index in [9.17, 15) is 13.2 Å². The summed E-state index contributed by atoms with van der Waals surface area (Å²) in [7, 11) is -2.68. The summed E-state index contributed by atoms with van der Waals surface area (Å²) >= 11 is 1.45. The molecule has 0 spiro atoms. The van der Waals surface area contributed by atoms with Gasteiger partial charge in [0.2, 0.25) is 0 Å². The Hall–Kier alpha value is -1.71. The van der Waals surface area contributed by atoms with Gasteiger partial charge in [0.25, 0.3) is 10.1 Å². The minimum absolute atomic E-state index is 0.559. The number of amides is 2. The van der Waals surface area contributed by atoms with Gasteiger partial charge in [-0.3, -0.25) is 4.18 Å². The number of carbonyl (C=O) groups excluding carboxylic acids is 1. The van der Waals surface area contributed by atoms with Crippen LogP contribution in [-0.2, 0) is 14.3 Å². The molecule has 0 aliphatic carbocycles. The van der Waals surface area contributed by atoms with Crippen LogP contribution in [0.1, 0.15) is 0 Å². The number of urea groups is 1. The Morgan fingerprint density at radius 3 is 3.00 bits per heavy atom. The fraction of sp³-hybridized carbons (Fsp3) is 0.200. The van der Waals surface area contributed by atoms with Gasteiger partial charge in [-0.05, 0) is 18.2 Å². The first kappa shape index (κ1) is 13.7. The maximum absolute atomic E-state index is 11.5. The minimum atomic E-state index is -3.71. The zero-order chi connectivity index (χ0) is 13.9. The second-order valence-corrected chi connectivity index (χ2v) is 6.16. The van der Waals surface area contributed by atoms with Gasteiger partial charge in [0, 0.05) is 5.69 Å². The van der Waals surface area contributed by atoms with E-state index in [-0.39, 0.29) is 0 Å². The van der Waals surface area contributed by atoms with Crippen molar-refractivity contribution in [2.45, 2.75) is 0 Å². The van der Waals surface area contributed by atoms with Gasteiger partial charge in [0.1, 0.15) is 5.88 Å². The van der Waals surface area contributed by atoms with Crippen LogP contribution >= 0.6 is 11.3 Å². The third-order valence-corrected chi connectivity index (χ3v) is 4.05. The number of hydrogen-bond donors (Lipinski definition) is 2. The van der Waals surface area contributed by atoms with Crippen molar-refractivity contribution in [2.75, 3.05) is 18.3 Å². The first-order valence-corrected chi connectivity index (χ1v) is 7.62. The van der Waals surface area contributed by atoms with E-state index < -0.39 is 22.0 Å². The molecule has 1 heterocycles. The lowest BCUT2D eigenvalue weighted by atomic mass is 10.3. The van der Waals surface area contributed by atoms with Crippen molar-refractivity contribution in [1.29, 1.82) is 0 Å². The summed E-state index contributed by atoms with van der Waals surface area (Å²) in [6.07, 6.45) is 0. The normalized spacial score (nSPS) is 11.4. The van der Waals surface area contributed by atoms with Gasteiger partial charge >= 0.3 is 6.03 Å². The van der Waals surface area contributed by atoms with Crippen LogP contribution in [0.25, 0.3) is 10.2 Å². The Labute approximate surface area is 113 Å². The smallest absolute Gasteiger partial charge is 0.320 e. The Balaban J connectivity index is 1.98. The maximum Gasteiger partial charge on any atom is 0.320 e. The summed E-state index contributed by atoms with van der Waals surface area (Å²) in [5.74, 6) is -0.585. The molecule has 102 valence electrons. The van der Waals surface area contributed by atoms with Gasteiger partial charge in [0.15, 0.2) is 0 Å². The third kappa shape index (κ3) is 3.63. The molecule has 0 saturated heterocycles. The van der Waals surface area contributed by atoms with E-state index in [1.54, 1.807) is 23.7 Å². The standard InChI is InChI=1S/C10H11N3O4S2/c1-17-19(15,16)6-12-10(14)13-7-2-3-8-9(4-7)18-5-11-8/h2-5H,6H2,1H3,(H2,12,13,14). The number of hydrogen-bond acceptors (Lipinski definition) is 6. The highest BCUT2D eigenvalue weighted by atomic mass is 32.2. The molecule has 2 rings (SSSR count). The number of nitrogens with one attached hydrogen (secondary N) is 2. The zero-order valence-electron chi connectivity index (χ0n) is 9.91. The summed E-state index contributed by atoms with van der Waals surface area (Å²) in [6, 6.07) is 4.60. The Morgan fingerprint density at radius 2 is 2.26 bits per heavy atom. The molecule has 7 nitrogen and oxygen atoms in total. The number of anilines is 1. The maximum atomic E-state index is 11.5. The number of aromatic nitrogens is 1. The van der Waals surface area contributed by atoms with Crippen molar-refractivity contribution in [3.8, 4) is 0 Å². The molecular formula is C10H11N3O4S2. The van der Waals surface area contributed by atoms with E-state index in [0.717, 1.165) is 17.3 Å². The van der Waals surface area contributed by atoms with Crippen LogP contribution in [0, 0.1) is 0 Å². The van der Waals surface area contributed by atoms with Gasteiger partial charge in [0.05, 0.1) is 22.8 Å². The van der Waals surface area contributed by atoms with Crippen molar-refractivity contribution in [3.63, 3.8) is 0 Å². The number of fused-ring (bicyclic) bond motifs is 1. The van der Waals surface area contributed by atoms with Gasteiger partial charge in [-0.1, -0.05) is 0 Å². The third-order valence-electron chi connectivity index (χ3n) is 2.25. The molecule has 1 aromatic carbocycles. The lowest BCUT2D eigenvalue weighted by Gasteiger charge is -2.07. The fourth-order valence-electron chi connectivity index (χ4n) is 1.32. The van der Waals surface area contributed by atoms with Crippen LogP contribution in [-0.4, -0.2) is 32.4 Å². The molecule has 2 N–H and O–H groups in total. The topological polar surface area (TPSA) is 97.4 Å². The van der Waals surface area contributed by atoms with E-state index in [0.29, 0.717) is 5.69 Å². The summed E-state index contributed by atoms with van der Waals surface area (Å²) in [5, 5.41) is 4.72. The van der Waals surface area contributed by atoms with Crippen LogP contribution < -0.4 is 10.6 Å². The molecule has 2 amide bonds. The Bertz CT molecular complexity index is 696. The average molecular weight is 301 g/mol. The van der Waals surface area contributed by atoms with Crippen molar-refractivity contribution in [3.05, 3.63) is 23.7 Å². The molecule has 0 saturated carbocycles. The highest BCUT2D eigenvalue weighted by Crippen LogP contribution is 2.21. The van der Waals surface area contributed by atoms with Crippen LogP contribution in [0.5, 0.6) is 0 Å². The molecule has 9 heteroatoms. The van der Waals surface area contributed by atoms with Gasteiger partial charge < -0.3 is 10.6 Å². The van der Waals surface area contributed by atoms with Crippen molar-refractivity contribution in [2.24, 2.45) is 0 Å². The number of benzene rings is 1. The quantitative estimate of drug-likeness (QED) is 0.831. The van der Waals surface area contributed by atoms with Gasteiger partial charge in [-0.25, -0.2) is 9.78 Å². The molecule has 0 unspecified atom stereocenters. The zero-order valence-corrected chi connectivity index (χ0v) is 11.5. The van der Waals surface area contributed by atoms with Gasteiger partial charge in [-0.2, -0.15) is 8.42 Å². The number of rotatable bonds is 4.